The van der Waals surface area contributed by atoms with E-state index in [9.17, 15) is 21.6 Å². The van der Waals surface area contributed by atoms with Crippen molar-refractivity contribution in [3.05, 3.63) is 29.8 Å². The van der Waals surface area contributed by atoms with Crippen molar-refractivity contribution in [2.24, 2.45) is 5.73 Å². The van der Waals surface area contributed by atoms with Crippen molar-refractivity contribution >= 4 is 15.7 Å². The zero-order valence-corrected chi connectivity index (χ0v) is 12.3. The Balaban J connectivity index is 2.56. The summed E-state index contributed by atoms with van der Waals surface area (Å²) in [7, 11) is -4.38. The van der Waals surface area contributed by atoms with Gasteiger partial charge in [-0.15, -0.1) is 0 Å². The number of ether oxygens (including phenoxy) is 1. The van der Waals surface area contributed by atoms with Gasteiger partial charge in [0.2, 0.25) is 14.8 Å². The average Bonchev–Trinajstić information content (AvgIpc) is 2.47. The molecule has 122 valence electrons. The Bertz CT molecular complexity index is 680. The Hall–Kier alpha value is -1.61. The van der Waals surface area contributed by atoms with Crippen LogP contribution in [0.4, 0.5) is 13.2 Å². The highest BCUT2D eigenvalue weighted by molar-refractivity contribution is 7.93. The predicted octanol–water partition coefficient (Wildman–Crippen LogP) is 2.31. The number of sulfone groups is 1. The standard InChI is InChI=1S/C13H15F3N2O3S/c14-13(15,16)9-4-3-5-10(8-9)22(19,20)12(11(17)18)6-1-2-7-21-12/h3-5,8H,1-2,6-7H2,(H3,17,18). The van der Waals surface area contributed by atoms with Gasteiger partial charge in [-0.05, 0) is 37.5 Å². The third kappa shape index (κ3) is 2.70. The van der Waals surface area contributed by atoms with E-state index >= 15 is 0 Å². The Morgan fingerprint density at radius 2 is 2.00 bits per heavy atom. The molecule has 2 rings (SSSR count). The first-order chi connectivity index (χ1) is 10.1. The van der Waals surface area contributed by atoms with Crippen LogP contribution >= 0.6 is 0 Å². The fraction of sp³-hybridized carbons (Fsp3) is 0.462. The summed E-state index contributed by atoms with van der Waals surface area (Å²) in [6, 6.07) is 3.37. The highest BCUT2D eigenvalue weighted by Crippen LogP contribution is 2.37. The van der Waals surface area contributed by atoms with Gasteiger partial charge in [0.05, 0.1) is 10.5 Å². The maximum Gasteiger partial charge on any atom is 0.416 e. The average molecular weight is 336 g/mol. The number of amidine groups is 1. The van der Waals surface area contributed by atoms with Crippen LogP contribution in [0.5, 0.6) is 0 Å². The molecule has 1 aliphatic heterocycles. The van der Waals surface area contributed by atoms with Gasteiger partial charge in [0.25, 0.3) is 0 Å². The van der Waals surface area contributed by atoms with Gasteiger partial charge in [-0.2, -0.15) is 13.2 Å². The van der Waals surface area contributed by atoms with Gasteiger partial charge in [-0.25, -0.2) is 8.42 Å². The zero-order chi connectivity index (χ0) is 16.6. The monoisotopic (exact) mass is 336 g/mol. The van der Waals surface area contributed by atoms with Crippen LogP contribution in [0, 0.1) is 5.41 Å². The molecule has 0 spiro atoms. The lowest BCUT2D eigenvalue weighted by molar-refractivity contribution is -0.137. The minimum atomic E-state index is -4.66. The Morgan fingerprint density at radius 1 is 1.32 bits per heavy atom. The fourth-order valence-electron chi connectivity index (χ4n) is 2.37. The summed E-state index contributed by atoms with van der Waals surface area (Å²) in [5.74, 6) is -0.718. The van der Waals surface area contributed by atoms with E-state index in [-0.39, 0.29) is 13.0 Å². The largest absolute Gasteiger partial charge is 0.416 e. The second-order valence-electron chi connectivity index (χ2n) is 5.00. The molecule has 1 fully saturated rings. The molecule has 0 bridgehead atoms. The summed E-state index contributed by atoms with van der Waals surface area (Å²) in [5.41, 5.74) is 4.33. The van der Waals surface area contributed by atoms with Crippen LogP contribution in [0.1, 0.15) is 24.8 Å². The lowest BCUT2D eigenvalue weighted by Crippen LogP contribution is -2.54. The van der Waals surface area contributed by atoms with Gasteiger partial charge in [0, 0.05) is 6.61 Å². The van der Waals surface area contributed by atoms with Crippen LogP contribution in [0.25, 0.3) is 0 Å². The smallest absolute Gasteiger partial charge is 0.384 e. The molecule has 1 atom stereocenters. The van der Waals surface area contributed by atoms with Gasteiger partial charge in [0.1, 0.15) is 5.84 Å². The van der Waals surface area contributed by atoms with Crippen molar-refractivity contribution in [2.45, 2.75) is 35.3 Å². The van der Waals surface area contributed by atoms with E-state index in [1.807, 2.05) is 0 Å². The normalized spacial score (nSPS) is 23.2. The van der Waals surface area contributed by atoms with Gasteiger partial charge >= 0.3 is 6.18 Å². The van der Waals surface area contributed by atoms with Crippen molar-refractivity contribution in [3.63, 3.8) is 0 Å². The van der Waals surface area contributed by atoms with E-state index in [1.54, 1.807) is 0 Å². The number of rotatable bonds is 3. The van der Waals surface area contributed by atoms with Crippen LogP contribution in [0.2, 0.25) is 0 Å². The number of nitrogens with two attached hydrogens (primary N) is 1. The molecule has 1 aromatic carbocycles. The molecule has 9 heteroatoms. The third-order valence-electron chi connectivity index (χ3n) is 3.55. The second-order valence-corrected chi connectivity index (χ2v) is 7.14. The van der Waals surface area contributed by atoms with Crippen molar-refractivity contribution < 1.29 is 26.3 Å². The molecule has 1 heterocycles. The van der Waals surface area contributed by atoms with Crippen molar-refractivity contribution in [1.82, 2.24) is 0 Å². The van der Waals surface area contributed by atoms with Crippen molar-refractivity contribution in [2.75, 3.05) is 6.61 Å². The number of hydrogen-bond acceptors (Lipinski definition) is 4. The third-order valence-corrected chi connectivity index (χ3v) is 5.84. The van der Waals surface area contributed by atoms with Crippen LogP contribution in [0.3, 0.4) is 0 Å². The first-order valence-electron chi connectivity index (χ1n) is 6.51. The summed E-state index contributed by atoms with van der Waals surface area (Å²) in [5, 5.41) is 7.57. The molecule has 0 aliphatic carbocycles. The predicted molar refractivity (Wildman–Crippen MR) is 73.1 cm³/mol. The second kappa shape index (κ2) is 5.54. The van der Waals surface area contributed by atoms with E-state index in [0.717, 1.165) is 18.2 Å². The van der Waals surface area contributed by atoms with Gasteiger partial charge in [-0.1, -0.05) is 6.07 Å². The quantitative estimate of drug-likeness (QED) is 0.654. The first kappa shape index (κ1) is 16.8. The minimum Gasteiger partial charge on any atom is -0.384 e. The highest BCUT2D eigenvalue weighted by atomic mass is 32.2. The van der Waals surface area contributed by atoms with Gasteiger partial charge in [0.15, 0.2) is 0 Å². The van der Waals surface area contributed by atoms with Gasteiger partial charge < -0.3 is 10.5 Å². The van der Waals surface area contributed by atoms with Crippen LogP contribution in [-0.4, -0.2) is 25.8 Å². The minimum absolute atomic E-state index is 0.0547. The molecular weight excluding hydrogens is 321 g/mol. The number of benzene rings is 1. The van der Waals surface area contributed by atoms with Crippen LogP contribution in [-0.2, 0) is 20.8 Å². The van der Waals surface area contributed by atoms with Crippen molar-refractivity contribution in [1.29, 1.82) is 5.41 Å². The Labute approximate surface area is 125 Å². The fourth-order valence-corrected chi connectivity index (χ4v) is 4.23. The topological polar surface area (TPSA) is 93.2 Å². The van der Waals surface area contributed by atoms with Crippen LogP contribution in [0.15, 0.2) is 29.2 Å². The summed E-state index contributed by atoms with van der Waals surface area (Å²) in [6.07, 6.45) is -3.66. The molecule has 3 N–H and O–H groups in total. The van der Waals surface area contributed by atoms with Crippen LogP contribution < -0.4 is 5.73 Å². The van der Waals surface area contributed by atoms with Gasteiger partial charge in [-0.3, -0.25) is 5.41 Å². The molecule has 0 saturated carbocycles. The maximum absolute atomic E-state index is 12.8. The number of alkyl halides is 3. The summed E-state index contributed by atoms with van der Waals surface area (Å²) in [6.45, 7) is 0.0811. The first-order valence-corrected chi connectivity index (χ1v) is 8.00. The molecule has 0 radical (unpaired) electrons. The Kier molecular flexibility index (Phi) is 4.22. The summed E-state index contributed by atoms with van der Waals surface area (Å²) in [4.78, 5) is -2.64. The molecule has 22 heavy (non-hydrogen) atoms. The number of nitrogens with one attached hydrogen (secondary N) is 1. The highest BCUT2D eigenvalue weighted by Gasteiger charge is 2.50. The van der Waals surface area contributed by atoms with E-state index in [4.69, 9.17) is 15.9 Å². The maximum atomic E-state index is 12.8. The number of halogens is 3. The van der Waals surface area contributed by atoms with E-state index in [1.165, 1.54) is 0 Å². The molecule has 5 nitrogen and oxygen atoms in total. The molecule has 1 aliphatic rings. The summed E-state index contributed by atoms with van der Waals surface area (Å²) < 4.78 is 69.0. The lowest BCUT2D eigenvalue weighted by atomic mass is 10.1. The number of hydrogen-bond donors (Lipinski definition) is 2. The van der Waals surface area contributed by atoms with E-state index in [0.29, 0.717) is 18.9 Å². The molecule has 1 saturated heterocycles. The van der Waals surface area contributed by atoms with Crippen molar-refractivity contribution in [3.8, 4) is 0 Å². The molecule has 1 aromatic rings. The molecule has 0 aromatic heterocycles. The molecule has 0 amide bonds. The lowest BCUT2D eigenvalue weighted by Gasteiger charge is -2.35. The molecular formula is C13H15F3N2O3S. The summed E-state index contributed by atoms with van der Waals surface area (Å²) >= 11 is 0. The van der Waals surface area contributed by atoms with E-state index in [2.05, 4.69) is 0 Å². The molecule has 1 unspecified atom stereocenters. The Morgan fingerprint density at radius 3 is 2.50 bits per heavy atom. The van der Waals surface area contributed by atoms with E-state index < -0.39 is 37.2 Å². The SMILES string of the molecule is N=C(N)C1(S(=O)(=O)c2cccc(C(F)(F)F)c2)CCCCO1. The zero-order valence-electron chi connectivity index (χ0n) is 11.5.